The third-order valence-corrected chi connectivity index (χ3v) is 3.17. The molecule has 0 amide bonds. The lowest BCUT2D eigenvalue weighted by Crippen LogP contribution is -1.98. The molecule has 0 fully saturated rings. The standard InChI is InChI=1S/C12H8FIN2O2/c13-10-6-7(14)4-5-8(10)9-2-1-3-11(12(9)15)16(17)18/h1-6H,15H2. The van der Waals surface area contributed by atoms with Gasteiger partial charge in [-0.3, -0.25) is 10.1 Å². The average molecular weight is 358 g/mol. The molecule has 0 saturated heterocycles. The molecule has 0 spiro atoms. The minimum atomic E-state index is -0.580. The smallest absolute Gasteiger partial charge is 0.292 e. The van der Waals surface area contributed by atoms with Gasteiger partial charge in [0.25, 0.3) is 5.69 Å². The molecule has 0 unspecified atom stereocenters. The van der Waals surface area contributed by atoms with Crippen molar-refractivity contribution in [2.75, 3.05) is 5.73 Å². The van der Waals surface area contributed by atoms with Crippen LogP contribution in [-0.4, -0.2) is 4.92 Å². The molecule has 0 radical (unpaired) electrons. The number of nitrogens with zero attached hydrogens (tertiary/aromatic N) is 1. The summed E-state index contributed by atoms with van der Waals surface area (Å²) >= 11 is 1.99. The zero-order valence-electron chi connectivity index (χ0n) is 9.06. The van der Waals surface area contributed by atoms with E-state index in [-0.39, 0.29) is 16.9 Å². The largest absolute Gasteiger partial charge is 0.393 e. The normalized spacial score (nSPS) is 10.3. The van der Waals surface area contributed by atoms with Crippen molar-refractivity contribution in [1.29, 1.82) is 0 Å². The lowest BCUT2D eigenvalue weighted by molar-refractivity contribution is -0.383. The van der Waals surface area contributed by atoms with E-state index >= 15 is 0 Å². The SMILES string of the molecule is Nc1c(-c2ccc(I)cc2F)cccc1[N+](=O)[O-]. The predicted octanol–water partition coefficient (Wildman–Crippen LogP) is 3.59. The van der Waals surface area contributed by atoms with Gasteiger partial charge in [-0.25, -0.2) is 4.39 Å². The quantitative estimate of drug-likeness (QED) is 0.386. The second kappa shape index (κ2) is 4.89. The van der Waals surface area contributed by atoms with E-state index in [0.29, 0.717) is 5.56 Å². The molecule has 0 heterocycles. The van der Waals surface area contributed by atoms with Crippen LogP contribution in [0.4, 0.5) is 15.8 Å². The van der Waals surface area contributed by atoms with E-state index in [1.165, 1.54) is 18.2 Å². The highest BCUT2D eigenvalue weighted by Gasteiger charge is 2.17. The van der Waals surface area contributed by atoms with E-state index < -0.39 is 10.7 Å². The van der Waals surface area contributed by atoms with Crippen LogP contribution in [0.3, 0.4) is 0 Å². The number of halogens is 2. The van der Waals surface area contributed by atoms with Gasteiger partial charge in [0.2, 0.25) is 0 Å². The highest BCUT2D eigenvalue weighted by molar-refractivity contribution is 14.1. The Morgan fingerprint density at radius 1 is 1.22 bits per heavy atom. The van der Waals surface area contributed by atoms with Gasteiger partial charge in [0.05, 0.1) is 4.92 Å². The first-order valence-electron chi connectivity index (χ1n) is 4.99. The molecule has 0 bridgehead atoms. The molecule has 0 saturated carbocycles. The summed E-state index contributed by atoms with van der Waals surface area (Å²) in [5, 5.41) is 10.8. The number of hydrogen-bond donors (Lipinski definition) is 1. The summed E-state index contributed by atoms with van der Waals surface area (Å²) in [7, 11) is 0. The number of rotatable bonds is 2. The van der Waals surface area contributed by atoms with Gasteiger partial charge in [-0.2, -0.15) is 0 Å². The first-order valence-corrected chi connectivity index (χ1v) is 6.07. The topological polar surface area (TPSA) is 69.2 Å². The number of anilines is 1. The molecule has 0 aliphatic carbocycles. The minimum Gasteiger partial charge on any atom is -0.393 e. The fraction of sp³-hybridized carbons (Fsp3) is 0. The molecule has 0 aromatic heterocycles. The number of nitro benzene ring substituents is 1. The van der Waals surface area contributed by atoms with Gasteiger partial charge in [0.1, 0.15) is 11.5 Å². The predicted molar refractivity (Wildman–Crippen MR) is 75.6 cm³/mol. The molecule has 18 heavy (non-hydrogen) atoms. The number of nitrogens with two attached hydrogens (primary N) is 1. The van der Waals surface area contributed by atoms with Crippen LogP contribution in [0.2, 0.25) is 0 Å². The third kappa shape index (κ3) is 2.28. The van der Waals surface area contributed by atoms with Gasteiger partial charge >= 0.3 is 0 Å². The maximum Gasteiger partial charge on any atom is 0.292 e. The summed E-state index contributed by atoms with van der Waals surface area (Å²) < 4.78 is 14.6. The summed E-state index contributed by atoms with van der Waals surface area (Å²) in [6.45, 7) is 0. The van der Waals surface area contributed by atoms with Crippen LogP contribution in [0, 0.1) is 19.5 Å². The van der Waals surface area contributed by atoms with Crippen LogP contribution in [0.25, 0.3) is 11.1 Å². The molecule has 2 N–H and O–H groups in total. The Hall–Kier alpha value is -1.70. The highest BCUT2D eigenvalue weighted by Crippen LogP contribution is 2.34. The Labute approximate surface area is 116 Å². The monoisotopic (exact) mass is 358 g/mol. The van der Waals surface area contributed by atoms with Crippen LogP contribution in [0.15, 0.2) is 36.4 Å². The van der Waals surface area contributed by atoms with Crippen LogP contribution >= 0.6 is 22.6 Å². The van der Waals surface area contributed by atoms with Crippen molar-refractivity contribution >= 4 is 34.0 Å². The molecule has 2 rings (SSSR count). The number of para-hydroxylation sites is 1. The van der Waals surface area contributed by atoms with Gasteiger partial charge in [0.15, 0.2) is 0 Å². The fourth-order valence-electron chi connectivity index (χ4n) is 1.65. The second-order valence-electron chi connectivity index (χ2n) is 3.62. The van der Waals surface area contributed by atoms with Crippen molar-refractivity contribution in [1.82, 2.24) is 0 Å². The molecule has 0 atom stereocenters. The number of hydrogen-bond acceptors (Lipinski definition) is 3. The maximum absolute atomic E-state index is 13.8. The van der Waals surface area contributed by atoms with Crippen molar-refractivity contribution in [3.63, 3.8) is 0 Å². The van der Waals surface area contributed by atoms with Crippen molar-refractivity contribution < 1.29 is 9.31 Å². The second-order valence-corrected chi connectivity index (χ2v) is 4.87. The summed E-state index contributed by atoms with van der Waals surface area (Å²) in [5.41, 5.74) is 6.06. The summed E-state index contributed by atoms with van der Waals surface area (Å²) in [4.78, 5) is 10.2. The Balaban J connectivity index is 2.64. The van der Waals surface area contributed by atoms with Gasteiger partial charge < -0.3 is 5.73 Å². The maximum atomic E-state index is 13.8. The fourth-order valence-corrected chi connectivity index (χ4v) is 2.11. The molecule has 4 nitrogen and oxygen atoms in total. The molecule has 92 valence electrons. The summed E-state index contributed by atoms with van der Waals surface area (Å²) in [6, 6.07) is 8.98. The van der Waals surface area contributed by atoms with Crippen LogP contribution in [0.1, 0.15) is 0 Å². The van der Waals surface area contributed by atoms with E-state index in [1.807, 2.05) is 22.6 Å². The van der Waals surface area contributed by atoms with E-state index in [1.54, 1.807) is 18.2 Å². The molecule has 2 aromatic rings. The van der Waals surface area contributed by atoms with Crippen molar-refractivity contribution in [3.8, 4) is 11.1 Å². The van der Waals surface area contributed by atoms with Crippen LogP contribution in [-0.2, 0) is 0 Å². The lowest BCUT2D eigenvalue weighted by Gasteiger charge is -2.07. The number of benzene rings is 2. The zero-order valence-corrected chi connectivity index (χ0v) is 11.2. The minimum absolute atomic E-state index is 0.0254. The molecular weight excluding hydrogens is 350 g/mol. The van der Waals surface area contributed by atoms with E-state index in [4.69, 9.17) is 5.73 Å². The molecule has 0 aliphatic rings. The van der Waals surface area contributed by atoms with Crippen LogP contribution in [0.5, 0.6) is 0 Å². The van der Waals surface area contributed by atoms with E-state index in [9.17, 15) is 14.5 Å². The Kier molecular flexibility index (Phi) is 3.46. The summed E-state index contributed by atoms with van der Waals surface area (Å²) in [5.74, 6) is -0.450. The van der Waals surface area contributed by atoms with Gasteiger partial charge in [-0.1, -0.05) is 18.2 Å². The molecule has 6 heteroatoms. The summed E-state index contributed by atoms with van der Waals surface area (Å²) in [6.07, 6.45) is 0. The lowest BCUT2D eigenvalue weighted by atomic mass is 10.0. The number of nitro groups is 1. The van der Waals surface area contributed by atoms with Crippen LogP contribution < -0.4 is 5.73 Å². The van der Waals surface area contributed by atoms with Gasteiger partial charge in [-0.05, 0) is 34.7 Å². The Morgan fingerprint density at radius 2 is 1.94 bits per heavy atom. The average Bonchev–Trinajstić information content (AvgIpc) is 2.30. The third-order valence-electron chi connectivity index (χ3n) is 2.50. The first-order chi connectivity index (χ1) is 8.50. The van der Waals surface area contributed by atoms with Crippen molar-refractivity contribution in [2.45, 2.75) is 0 Å². The Bertz CT molecular complexity index is 631. The van der Waals surface area contributed by atoms with Crippen molar-refractivity contribution in [3.05, 3.63) is 55.9 Å². The Morgan fingerprint density at radius 3 is 2.56 bits per heavy atom. The molecule has 0 aliphatic heterocycles. The highest BCUT2D eigenvalue weighted by atomic mass is 127. The number of nitrogen functional groups attached to an aromatic ring is 1. The van der Waals surface area contributed by atoms with Gasteiger partial charge in [-0.15, -0.1) is 0 Å². The van der Waals surface area contributed by atoms with E-state index in [2.05, 4.69) is 0 Å². The van der Waals surface area contributed by atoms with Crippen molar-refractivity contribution in [2.24, 2.45) is 0 Å². The molecule has 2 aromatic carbocycles. The molecular formula is C12H8FIN2O2. The zero-order chi connectivity index (χ0) is 13.3. The van der Waals surface area contributed by atoms with Gasteiger partial charge in [0, 0.05) is 20.8 Å². The van der Waals surface area contributed by atoms with E-state index in [0.717, 1.165) is 3.57 Å². The first kappa shape index (κ1) is 12.7.